The molecule has 35 heavy (non-hydrogen) atoms. The van der Waals surface area contributed by atoms with Gasteiger partial charge in [-0.25, -0.2) is 0 Å². The molecule has 0 aliphatic carbocycles. The minimum Gasteiger partial charge on any atom is -0.483 e. The minimum atomic E-state index is -0.495. The van der Waals surface area contributed by atoms with Crippen molar-refractivity contribution in [3.63, 3.8) is 0 Å². The number of nitriles is 1. The highest BCUT2D eigenvalue weighted by molar-refractivity contribution is 9.10. The number of rotatable bonds is 7. The largest absolute Gasteiger partial charge is 0.483 e. The topological polar surface area (TPSA) is 91.2 Å². The van der Waals surface area contributed by atoms with E-state index in [2.05, 4.69) is 26.6 Å². The third-order valence-corrected chi connectivity index (χ3v) is 6.33. The van der Waals surface area contributed by atoms with Crippen molar-refractivity contribution in [1.82, 2.24) is 0 Å². The number of hydrogen-bond acceptors (Lipinski definition) is 4. The summed E-state index contributed by atoms with van der Waals surface area (Å²) in [6.07, 6.45) is 1.49. The number of nitrogens with one attached hydrogen (secondary N) is 2. The van der Waals surface area contributed by atoms with Gasteiger partial charge in [-0.05, 0) is 95.4 Å². The normalized spacial score (nSPS) is 10.9. The fourth-order valence-corrected chi connectivity index (χ4v) is 3.82. The summed E-state index contributed by atoms with van der Waals surface area (Å²) in [5.41, 5.74) is 4.72. The van der Waals surface area contributed by atoms with Gasteiger partial charge in [0.05, 0.1) is 4.47 Å². The van der Waals surface area contributed by atoms with E-state index < -0.39 is 5.91 Å². The second kappa shape index (κ2) is 11.7. The Morgan fingerprint density at radius 3 is 2.51 bits per heavy atom. The summed E-state index contributed by atoms with van der Waals surface area (Å²) in [6.45, 7) is 5.53. The van der Waals surface area contributed by atoms with Crippen molar-refractivity contribution in [3.8, 4) is 11.8 Å². The van der Waals surface area contributed by atoms with Gasteiger partial charge < -0.3 is 15.4 Å². The van der Waals surface area contributed by atoms with Crippen LogP contribution in [0.3, 0.4) is 0 Å². The molecule has 0 radical (unpaired) electrons. The van der Waals surface area contributed by atoms with Gasteiger partial charge in [0.2, 0.25) is 0 Å². The maximum absolute atomic E-state index is 12.6. The molecule has 3 aromatic rings. The summed E-state index contributed by atoms with van der Waals surface area (Å²) >= 11 is 9.50. The van der Waals surface area contributed by atoms with Crippen LogP contribution in [-0.2, 0) is 9.59 Å². The van der Waals surface area contributed by atoms with Gasteiger partial charge in [0.25, 0.3) is 11.8 Å². The van der Waals surface area contributed by atoms with Crippen LogP contribution in [0, 0.1) is 32.1 Å². The van der Waals surface area contributed by atoms with E-state index in [9.17, 15) is 14.9 Å². The molecule has 0 aliphatic heterocycles. The Morgan fingerprint density at radius 2 is 1.83 bits per heavy atom. The highest BCUT2D eigenvalue weighted by Crippen LogP contribution is 2.27. The van der Waals surface area contributed by atoms with Gasteiger partial charge in [-0.1, -0.05) is 35.9 Å². The molecule has 178 valence electrons. The van der Waals surface area contributed by atoms with Gasteiger partial charge >= 0.3 is 0 Å². The van der Waals surface area contributed by atoms with Crippen molar-refractivity contribution in [2.45, 2.75) is 20.8 Å². The molecule has 3 aromatic carbocycles. The highest BCUT2D eigenvalue weighted by Gasteiger charge is 2.13. The third-order valence-electron chi connectivity index (χ3n) is 5.30. The molecule has 0 heterocycles. The average Bonchev–Trinajstić information content (AvgIpc) is 2.82. The zero-order valence-electron chi connectivity index (χ0n) is 19.4. The zero-order valence-corrected chi connectivity index (χ0v) is 21.8. The predicted molar refractivity (Wildman–Crippen MR) is 143 cm³/mol. The Morgan fingerprint density at radius 1 is 1.06 bits per heavy atom. The number of carbonyl (C=O) groups excluding carboxylic acids is 2. The molecule has 2 amide bonds. The number of anilines is 2. The third kappa shape index (κ3) is 6.95. The van der Waals surface area contributed by atoms with E-state index in [0.29, 0.717) is 32.2 Å². The molecule has 6 nitrogen and oxygen atoms in total. The van der Waals surface area contributed by atoms with Crippen LogP contribution in [0.2, 0.25) is 5.02 Å². The lowest BCUT2D eigenvalue weighted by molar-refractivity contribution is -0.118. The number of hydrogen-bond donors (Lipinski definition) is 2. The van der Waals surface area contributed by atoms with E-state index in [4.69, 9.17) is 16.3 Å². The molecule has 0 atom stereocenters. The quantitative estimate of drug-likeness (QED) is 0.255. The number of nitrogens with zero attached hydrogens (tertiary/aromatic N) is 1. The first-order valence-corrected chi connectivity index (χ1v) is 11.8. The van der Waals surface area contributed by atoms with E-state index >= 15 is 0 Å². The molecule has 0 aliphatic rings. The highest BCUT2D eigenvalue weighted by atomic mass is 79.9. The molecule has 0 saturated heterocycles. The standard InChI is InChI=1S/C27H23BrClN3O3/c1-16-5-4-6-24(18(16)3)32-27(34)20(14-30)11-19-8-10-25(22(28)12-19)35-15-26(33)31-21-9-7-17(2)23(29)13-21/h4-13H,15H2,1-3H3,(H,31,33)(H,32,34)/b20-11-. The number of ether oxygens (including phenoxy) is 1. The second-order valence-corrected chi connectivity index (χ2v) is 9.12. The maximum Gasteiger partial charge on any atom is 0.266 e. The van der Waals surface area contributed by atoms with Gasteiger partial charge in [0, 0.05) is 16.4 Å². The molecule has 0 spiro atoms. The van der Waals surface area contributed by atoms with Crippen LogP contribution in [-0.4, -0.2) is 18.4 Å². The van der Waals surface area contributed by atoms with E-state index in [1.807, 2.05) is 45.0 Å². The lowest BCUT2D eigenvalue weighted by Gasteiger charge is -2.11. The Hall–Kier alpha value is -3.60. The van der Waals surface area contributed by atoms with Crippen LogP contribution >= 0.6 is 27.5 Å². The van der Waals surface area contributed by atoms with Crippen molar-refractivity contribution in [2.75, 3.05) is 17.2 Å². The summed E-state index contributed by atoms with van der Waals surface area (Å²) in [6, 6.07) is 17.9. The first-order chi connectivity index (χ1) is 16.7. The number of benzene rings is 3. The molecule has 2 N–H and O–H groups in total. The van der Waals surface area contributed by atoms with Gasteiger partial charge in [-0.3, -0.25) is 9.59 Å². The monoisotopic (exact) mass is 551 g/mol. The maximum atomic E-state index is 12.6. The van der Waals surface area contributed by atoms with Crippen LogP contribution in [0.15, 0.2) is 64.6 Å². The average molecular weight is 553 g/mol. The summed E-state index contributed by atoms with van der Waals surface area (Å²) in [4.78, 5) is 24.9. The molecule has 0 unspecified atom stereocenters. The fraction of sp³-hybridized carbons (Fsp3) is 0.148. The Bertz CT molecular complexity index is 1360. The second-order valence-electron chi connectivity index (χ2n) is 7.86. The van der Waals surface area contributed by atoms with Crippen molar-refractivity contribution in [2.24, 2.45) is 0 Å². The lowest BCUT2D eigenvalue weighted by atomic mass is 10.1. The first kappa shape index (κ1) is 26.0. The van der Waals surface area contributed by atoms with Crippen molar-refractivity contribution in [1.29, 1.82) is 5.26 Å². The Labute approximate surface area is 217 Å². The Balaban J connectivity index is 1.65. The predicted octanol–water partition coefficient (Wildman–Crippen LogP) is 6.59. The lowest BCUT2D eigenvalue weighted by Crippen LogP contribution is -2.20. The van der Waals surface area contributed by atoms with E-state index in [1.165, 1.54) is 6.08 Å². The van der Waals surface area contributed by atoms with Crippen LogP contribution in [0.5, 0.6) is 5.75 Å². The Kier molecular flexibility index (Phi) is 8.69. The van der Waals surface area contributed by atoms with Crippen molar-refractivity contribution < 1.29 is 14.3 Å². The summed E-state index contributed by atoms with van der Waals surface area (Å²) < 4.78 is 6.18. The molecular weight excluding hydrogens is 530 g/mol. The SMILES string of the molecule is Cc1ccc(NC(=O)COc2ccc(/C=C(/C#N)C(=O)Nc3cccc(C)c3C)cc2Br)cc1Cl. The molecule has 0 saturated carbocycles. The van der Waals surface area contributed by atoms with E-state index in [1.54, 1.807) is 36.4 Å². The van der Waals surface area contributed by atoms with Gasteiger partial charge in [0.1, 0.15) is 17.4 Å². The van der Waals surface area contributed by atoms with Crippen LogP contribution in [0.4, 0.5) is 11.4 Å². The molecule has 0 fully saturated rings. The summed E-state index contributed by atoms with van der Waals surface area (Å²) in [7, 11) is 0. The number of aryl methyl sites for hydroxylation is 2. The molecule has 8 heteroatoms. The van der Waals surface area contributed by atoms with Gasteiger partial charge in [0.15, 0.2) is 6.61 Å². The van der Waals surface area contributed by atoms with Crippen LogP contribution < -0.4 is 15.4 Å². The van der Waals surface area contributed by atoms with Crippen LogP contribution in [0.1, 0.15) is 22.3 Å². The number of halogens is 2. The zero-order chi connectivity index (χ0) is 25.5. The first-order valence-electron chi connectivity index (χ1n) is 10.7. The molecule has 0 bridgehead atoms. The number of amides is 2. The van der Waals surface area contributed by atoms with Gasteiger partial charge in [-0.2, -0.15) is 5.26 Å². The van der Waals surface area contributed by atoms with Crippen molar-refractivity contribution >= 4 is 56.8 Å². The summed E-state index contributed by atoms with van der Waals surface area (Å²) in [5.74, 6) is -0.390. The molecular formula is C27H23BrClN3O3. The summed E-state index contributed by atoms with van der Waals surface area (Å²) in [5, 5.41) is 15.6. The minimum absolute atomic E-state index is 0.0392. The smallest absolute Gasteiger partial charge is 0.266 e. The van der Waals surface area contributed by atoms with E-state index in [-0.39, 0.29) is 18.1 Å². The fourth-order valence-electron chi connectivity index (χ4n) is 3.13. The van der Waals surface area contributed by atoms with E-state index in [0.717, 1.165) is 16.7 Å². The van der Waals surface area contributed by atoms with Crippen molar-refractivity contribution in [3.05, 3.63) is 91.9 Å². The van der Waals surface area contributed by atoms with Crippen LogP contribution in [0.25, 0.3) is 6.08 Å². The molecule has 0 aromatic heterocycles. The molecule has 3 rings (SSSR count). The van der Waals surface area contributed by atoms with Gasteiger partial charge in [-0.15, -0.1) is 0 Å². The number of carbonyl (C=O) groups is 2.